The molecule has 3 aromatic heterocycles. The maximum Gasteiger partial charge on any atom is 0.213 e. The topological polar surface area (TPSA) is 21.3 Å². The molecule has 0 N–H and O–H groups in total. The monoisotopic (exact) mass is 666 g/mol. The molecule has 3 nitrogen and oxygen atoms in total. The third-order valence-corrected chi connectivity index (χ3v) is 10.8. The molecule has 232 valence electrons. The van der Waals surface area contributed by atoms with E-state index in [1.165, 1.54) is 31.3 Å². The molecular weight excluding hydrogens is 640 g/mol. The van der Waals surface area contributed by atoms with Gasteiger partial charge in [-0.3, -0.25) is 4.57 Å². The number of fused-ring (bicyclic) bond motifs is 8. The number of anilines is 3. The minimum Gasteiger partial charge on any atom is -0.439 e. The Morgan fingerprint density at radius 2 is 1.16 bits per heavy atom. The number of para-hydroxylation sites is 1. The van der Waals surface area contributed by atoms with Crippen LogP contribution in [-0.2, 0) is 0 Å². The standard InChI is InChI=1S/C44H27ClN2OS/c45-30-17-24-40-38(25-30)43-37-23-21-33(26-39(37)47(44(43)48-40)31-11-5-2-6-12-31)46(32-18-15-29(16-19-32)28-9-3-1-4-10-28)34-20-22-36-35-13-7-8-14-41(35)49-42(36)27-34/h1-27H. The van der Waals surface area contributed by atoms with Crippen LogP contribution >= 0.6 is 22.9 Å². The first-order chi connectivity index (χ1) is 24.2. The molecular formula is C44H27ClN2OS. The first-order valence-corrected chi connectivity index (χ1v) is 17.5. The van der Waals surface area contributed by atoms with Crippen LogP contribution in [0.4, 0.5) is 17.1 Å². The summed E-state index contributed by atoms with van der Waals surface area (Å²) in [6.45, 7) is 0. The first kappa shape index (κ1) is 28.2. The minimum absolute atomic E-state index is 0.689. The average molecular weight is 667 g/mol. The summed E-state index contributed by atoms with van der Waals surface area (Å²) in [5.41, 5.74) is 9.35. The normalized spacial score (nSPS) is 11.8. The molecule has 0 aliphatic heterocycles. The summed E-state index contributed by atoms with van der Waals surface area (Å²) in [7, 11) is 0. The second-order valence-electron chi connectivity index (χ2n) is 12.3. The summed E-state index contributed by atoms with van der Waals surface area (Å²) in [6.07, 6.45) is 0. The van der Waals surface area contributed by atoms with Crippen LogP contribution in [0.15, 0.2) is 168 Å². The van der Waals surface area contributed by atoms with E-state index in [9.17, 15) is 0 Å². The molecule has 3 heterocycles. The third-order valence-electron chi connectivity index (χ3n) is 9.45. The van der Waals surface area contributed by atoms with Gasteiger partial charge in [-0.2, -0.15) is 0 Å². The van der Waals surface area contributed by atoms with Crippen molar-refractivity contribution in [3.05, 3.63) is 169 Å². The molecule has 7 aromatic carbocycles. The van der Waals surface area contributed by atoms with E-state index in [1.54, 1.807) is 0 Å². The zero-order valence-electron chi connectivity index (χ0n) is 26.2. The number of benzene rings is 7. The Labute approximate surface area is 291 Å². The summed E-state index contributed by atoms with van der Waals surface area (Å²) < 4.78 is 11.4. The van der Waals surface area contributed by atoms with E-state index in [2.05, 4.69) is 149 Å². The zero-order valence-corrected chi connectivity index (χ0v) is 27.7. The van der Waals surface area contributed by atoms with Crippen LogP contribution in [0.3, 0.4) is 0 Å². The molecule has 0 fully saturated rings. The Bertz CT molecular complexity index is 2830. The molecule has 0 radical (unpaired) electrons. The lowest BCUT2D eigenvalue weighted by Gasteiger charge is -2.26. The van der Waals surface area contributed by atoms with Gasteiger partial charge >= 0.3 is 0 Å². The van der Waals surface area contributed by atoms with Crippen molar-refractivity contribution in [1.29, 1.82) is 0 Å². The van der Waals surface area contributed by atoms with Gasteiger partial charge < -0.3 is 9.32 Å². The third kappa shape index (κ3) is 4.56. The Kier molecular flexibility index (Phi) is 6.41. The highest BCUT2D eigenvalue weighted by Crippen LogP contribution is 2.45. The Morgan fingerprint density at radius 1 is 0.510 bits per heavy atom. The van der Waals surface area contributed by atoms with Crippen LogP contribution in [0.5, 0.6) is 0 Å². The van der Waals surface area contributed by atoms with Crippen LogP contribution in [0.2, 0.25) is 5.02 Å². The highest BCUT2D eigenvalue weighted by Gasteiger charge is 2.22. The number of hydrogen-bond acceptors (Lipinski definition) is 3. The molecule has 10 rings (SSSR count). The second-order valence-corrected chi connectivity index (χ2v) is 13.8. The van der Waals surface area contributed by atoms with Crippen LogP contribution in [0.25, 0.3) is 70.0 Å². The van der Waals surface area contributed by atoms with Gasteiger partial charge in [0.25, 0.3) is 0 Å². The summed E-state index contributed by atoms with van der Waals surface area (Å²) in [4.78, 5) is 2.36. The Morgan fingerprint density at radius 3 is 1.98 bits per heavy atom. The van der Waals surface area contributed by atoms with Gasteiger partial charge in [0.2, 0.25) is 5.71 Å². The largest absolute Gasteiger partial charge is 0.439 e. The van der Waals surface area contributed by atoms with Crippen molar-refractivity contribution >= 4 is 93.1 Å². The fraction of sp³-hybridized carbons (Fsp3) is 0. The minimum atomic E-state index is 0.689. The molecule has 0 amide bonds. The van der Waals surface area contributed by atoms with Gasteiger partial charge in [-0.25, -0.2) is 0 Å². The van der Waals surface area contributed by atoms with Crippen molar-refractivity contribution in [2.45, 2.75) is 0 Å². The predicted molar refractivity (Wildman–Crippen MR) is 209 cm³/mol. The average Bonchev–Trinajstić information content (AvgIpc) is 3.81. The molecule has 0 atom stereocenters. The molecule has 0 saturated heterocycles. The Balaban J connectivity index is 1.22. The molecule has 0 unspecified atom stereocenters. The van der Waals surface area contributed by atoms with Crippen molar-refractivity contribution in [2.75, 3.05) is 4.90 Å². The van der Waals surface area contributed by atoms with Gasteiger partial charge in [0.1, 0.15) is 5.58 Å². The number of halogens is 1. The molecule has 0 bridgehead atoms. The predicted octanol–water partition coefficient (Wildman–Crippen LogP) is 13.7. The van der Waals surface area contributed by atoms with Crippen LogP contribution < -0.4 is 4.90 Å². The lowest BCUT2D eigenvalue weighted by atomic mass is 10.0. The highest BCUT2D eigenvalue weighted by atomic mass is 35.5. The first-order valence-electron chi connectivity index (χ1n) is 16.3. The number of aromatic nitrogens is 1. The molecule has 0 spiro atoms. The van der Waals surface area contributed by atoms with E-state index >= 15 is 0 Å². The summed E-state index contributed by atoms with van der Waals surface area (Å²) in [5.74, 6) is 0. The lowest BCUT2D eigenvalue weighted by Crippen LogP contribution is -2.10. The number of nitrogens with zero attached hydrogens (tertiary/aromatic N) is 2. The van der Waals surface area contributed by atoms with Gasteiger partial charge in [0, 0.05) is 58.7 Å². The van der Waals surface area contributed by atoms with Crippen molar-refractivity contribution in [1.82, 2.24) is 4.57 Å². The number of rotatable bonds is 5. The number of thiophene rings is 1. The molecule has 0 saturated carbocycles. The summed E-state index contributed by atoms with van der Waals surface area (Å²) in [6, 6.07) is 57.9. The highest BCUT2D eigenvalue weighted by molar-refractivity contribution is 7.25. The van der Waals surface area contributed by atoms with E-state index in [4.69, 9.17) is 16.0 Å². The van der Waals surface area contributed by atoms with Gasteiger partial charge in [0.15, 0.2) is 0 Å². The van der Waals surface area contributed by atoms with E-state index < -0.39 is 0 Å². The van der Waals surface area contributed by atoms with Crippen molar-refractivity contribution < 1.29 is 4.42 Å². The van der Waals surface area contributed by atoms with Crippen molar-refractivity contribution in [2.24, 2.45) is 0 Å². The molecule has 49 heavy (non-hydrogen) atoms. The van der Waals surface area contributed by atoms with Gasteiger partial charge in [0.05, 0.1) is 10.9 Å². The van der Waals surface area contributed by atoms with Crippen LogP contribution in [0, 0.1) is 0 Å². The lowest BCUT2D eigenvalue weighted by molar-refractivity contribution is 0.645. The maximum absolute atomic E-state index is 6.57. The SMILES string of the molecule is Clc1ccc2oc3c(c2c1)c1ccc(N(c2ccc(-c4ccccc4)cc2)c2ccc4c(c2)sc2ccccc24)cc1n3-c1ccccc1. The second kappa shape index (κ2) is 11.1. The van der Waals surface area contributed by atoms with Crippen molar-refractivity contribution in [3.63, 3.8) is 0 Å². The summed E-state index contributed by atoms with van der Waals surface area (Å²) in [5, 5.41) is 6.46. The maximum atomic E-state index is 6.57. The smallest absolute Gasteiger partial charge is 0.213 e. The van der Waals surface area contributed by atoms with Gasteiger partial charge in [-0.15, -0.1) is 11.3 Å². The molecule has 5 heteroatoms. The zero-order chi connectivity index (χ0) is 32.5. The van der Waals surface area contributed by atoms with E-state index in [1.807, 2.05) is 35.6 Å². The van der Waals surface area contributed by atoms with E-state index in [0.717, 1.165) is 55.7 Å². The van der Waals surface area contributed by atoms with Crippen molar-refractivity contribution in [3.8, 4) is 16.8 Å². The summed E-state index contributed by atoms with van der Waals surface area (Å²) >= 11 is 8.35. The molecule has 10 aromatic rings. The number of furan rings is 1. The fourth-order valence-electron chi connectivity index (χ4n) is 7.21. The van der Waals surface area contributed by atoms with Crippen LogP contribution in [0.1, 0.15) is 0 Å². The quantitative estimate of drug-likeness (QED) is 0.182. The molecule has 0 aliphatic carbocycles. The fourth-order valence-corrected chi connectivity index (χ4v) is 8.52. The number of hydrogen-bond donors (Lipinski definition) is 0. The van der Waals surface area contributed by atoms with Gasteiger partial charge in [-0.1, -0.05) is 96.5 Å². The van der Waals surface area contributed by atoms with Crippen LogP contribution in [-0.4, -0.2) is 4.57 Å². The van der Waals surface area contributed by atoms with E-state index in [-0.39, 0.29) is 0 Å². The molecule has 0 aliphatic rings. The van der Waals surface area contributed by atoms with Gasteiger partial charge in [-0.05, 0) is 90.0 Å². The Hall–Kier alpha value is -5.81. The van der Waals surface area contributed by atoms with E-state index in [0.29, 0.717) is 5.02 Å².